The van der Waals surface area contributed by atoms with Crippen LogP contribution in [-0.2, 0) is 9.59 Å². The molecule has 6 heteroatoms. The van der Waals surface area contributed by atoms with Gasteiger partial charge >= 0.3 is 6.03 Å². The first-order chi connectivity index (χ1) is 8.15. The topological polar surface area (TPSA) is 78.5 Å². The summed E-state index contributed by atoms with van der Waals surface area (Å²) in [7, 11) is 0. The lowest BCUT2D eigenvalue weighted by molar-refractivity contribution is -0.138. The lowest BCUT2D eigenvalue weighted by Crippen LogP contribution is -2.38. The van der Waals surface area contributed by atoms with Crippen LogP contribution in [0.4, 0.5) is 4.79 Å². The predicted octanol–water partition coefficient (Wildman–Crippen LogP) is 0.0107. The minimum Gasteiger partial charge on any atom is -0.338 e. The minimum atomic E-state index is -0.274. The maximum Gasteiger partial charge on any atom is 0.315 e. The monoisotopic (exact) mass is 239 g/mol. The molecule has 1 fully saturated rings. The van der Waals surface area contributed by atoms with Crippen LogP contribution in [-0.4, -0.2) is 42.4 Å². The fourth-order valence-corrected chi connectivity index (χ4v) is 1.54. The second-order valence-electron chi connectivity index (χ2n) is 3.72. The quantitative estimate of drug-likeness (QED) is 0.389. The van der Waals surface area contributed by atoms with Crippen molar-refractivity contribution in [1.29, 1.82) is 0 Å². The molecule has 1 saturated heterocycles. The summed E-state index contributed by atoms with van der Waals surface area (Å²) in [4.78, 5) is 34.9. The number of imide groups is 1. The molecule has 0 bridgehead atoms. The highest BCUT2D eigenvalue weighted by Gasteiger charge is 2.27. The van der Waals surface area contributed by atoms with Gasteiger partial charge in [-0.25, -0.2) is 4.79 Å². The molecule has 0 aliphatic carbocycles. The van der Waals surface area contributed by atoms with Crippen molar-refractivity contribution in [3.8, 4) is 0 Å². The summed E-state index contributed by atoms with van der Waals surface area (Å²) >= 11 is 0. The first-order valence-electron chi connectivity index (χ1n) is 5.61. The molecular weight excluding hydrogens is 222 g/mol. The van der Waals surface area contributed by atoms with Crippen LogP contribution >= 0.6 is 0 Å². The van der Waals surface area contributed by atoms with Crippen LogP contribution in [0.3, 0.4) is 0 Å². The molecule has 6 nitrogen and oxygen atoms in total. The maximum absolute atomic E-state index is 11.2. The molecule has 1 rings (SSSR count). The smallest absolute Gasteiger partial charge is 0.315 e. The molecule has 1 aliphatic heterocycles. The van der Waals surface area contributed by atoms with Crippen LogP contribution < -0.4 is 10.6 Å². The summed E-state index contributed by atoms with van der Waals surface area (Å²) < 4.78 is 0. The molecule has 0 spiro atoms. The fraction of sp³-hybridized carbons (Fsp3) is 0.545. The molecule has 0 aromatic carbocycles. The van der Waals surface area contributed by atoms with E-state index in [2.05, 4.69) is 17.2 Å². The Morgan fingerprint density at radius 2 is 1.94 bits per heavy atom. The van der Waals surface area contributed by atoms with E-state index in [1.54, 1.807) is 6.08 Å². The van der Waals surface area contributed by atoms with Crippen molar-refractivity contribution in [2.75, 3.05) is 19.6 Å². The van der Waals surface area contributed by atoms with E-state index >= 15 is 0 Å². The van der Waals surface area contributed by atoms with E-state index in [1.807, 2.05) is 0 Å². The highest BCUT2D eigenvalue weighted by Crippen LogP contribution is 2.11. The minimum absolute atomic E-state index is 0.119. The lowest BCUT2D eigenvalue weighted by atomic mass is 10.4. The summed E-state index contributed by atoms with van der Waals surface area (Å²) in [6.45, 7) is 4.69. The van der Waals surface area contributed by atoms with Gasteiger partial charge in [-0.3, -0.25) is 14.5 Å². The average molecular weight is 239 g/mol. The molecule has 0 atom stereocenters. The van der Waals surface area contributed by atoms with Gasteiger partial charge in [-0.05, 0) is 6.42 Å². The lowest BCUT2D eigenvalue weighted by Gasteiger charge is -2.13. The maximum atomic E-state index is 11.2. The number of urea groups is 1. The summed E-state index contributed by atoms with van der Waals surface area (Å²) in [6.07, 6.45) is 2.78. The Morgan fingerprint density at radius 3 is 2.53 bits per heavy atom. The standard InChI is InChI=1S/C11H17N3O3/c1-2-6-12-11(17)13-7-3-8-14-9(15)4-5-10(14)16/h2H,1,3-8H2,(H2,12,13,17). The average Bonchev–Trinajstić information content (AvgIpc) is 2.62. The highest BCUT2D eigenvalue weighted by atomic mass is 16.2. The van der Waals surface area contributed by atoms with Crippen LogP contribution in [0.5, 0.6) is 0 Å². The second-order valence-corrected chi connectivity index (χ2v) is 3.72. The van der Waals surface area contributed by atoms with Gasteiger partial charge in [-0.1, -0.05) is 6.08 Å². The van der Waals surface area contributed by atoms with Crippen LogP contribution in [0.25, 0.3) is 0 Å². The molecule has 1 heterocycles. The van der Waals surface area contributed by atoms with Crippen molar-refractivity contribution in [3.63, 3.8) is 0 Å². The van der Waals surface area contributed by atoms with Crippen molar-refractivity contribution < 1.29 is 14.4 Å². The van der Waals surface area contributed by atoms with Crippen molar-refractivity contribution >= 4 is 17.8 Å². The van der Waals surface area contributed by atoms with Gasteiger partial charge in [0.05, 0.1) is 0 Å². The molecule has 0 aromatic rings. The summed E-state index contributed by atoms with van der Waals surface area (Å²) in [6, 6.07) is -0.274. The van der Waals surface area contributed by atoms with E-state index in [9.17, 15) is 14.4 Å². The zero-order valence-corrected chi connectivity index (χ0v) is 9.70. The number of carbonyl (C=O) groups is 3. The van der Waals surface area contributed by atoms with Crippen molar-refractivity contribution in [1.82, 2.24) is 15.5 Å². The van der Waals surface area contributed by atoms with E-state index in [-0.39, 0.29) is 17.8 Å². The normalized spacial score (nSPS) is 14.9. The number of likely N-dealkylation sites (tertiary alicyclic amines) is 1. The SMILES string of the molecule is C=CCNC(=O)NCCCN1C(=O)CCC1=O. The highest BCUT2D eigenvalue weighted by molar-refractivity contribution is 6.01. The molecular formula is C11H17N3O3. The number of carbonyl (C=O) groups excluding carboxylic acids is 3. The van der Waals surface area contributed by atoms with E-state index in [0.717, 1.165) is 0 Å². The number of hydrogen-bond acceptors (Lipinski definition) is 3. The van der Waals surface area contributed by atoms with Gasteiger partial charge in [0.1, 0.15) is 0 Å². The first-order valence-corrected chi connectivity index (χ1v) is 5.61. The number of hydrogen-bond donors (Lipinski definition) is 2. The predicted molar refractivity (Wildman–Crippen MR) is 62.2 cm³/mol. The van der Waals surface area contributed by atoms with Gasteiger partial charge in [0, 0.05) is 32.5 Å². The van der Waals surface area contributed by atoms with Gasteiger partial charge in [0.2, 0.25) is 11.8 Å². The zero-order valence-electron chi connectivity index (χ0n) is 9.70. The number of nitrogens with one attached hydrogen (secondary N) is 2. The van der Waals surface area contributed by atoms with Crippen molar-refractivity contribution in [3.05, 3.63) is 12.7 Å². The molecule has 17 heavy (non-hydrogen) atoms. The Hall–Kier alpha value is -1.85. The number of nitrogens with zero attached hydrogens (tertiary/aromatic N) is 1. The second kappa shape index (κ2) is 6.67. The van der Waals surface area contributed by atoms with Crippen LogP contribution in [0.15, 0.2) is 12.7 Å². The molecule has 94 valence electrons. The fourth-order valence-electron chi connectivity index (χ4n) is 1.54. The van der Waals surface area contributed by atoms with E-state index in [0.29, 0.717) is 38.9 Å². The van der Waals surface area contributed by atoms with Crippen molar-refractivity contribution in [2.45, 2.75) is 19.3 Å². The molecule has 0 aromatic heterocycles. The Labute approximate surface area is 100 Å². The first kappa shape index (κ1) is 13.2. The number of amides is 4. The van der Waals surface area contributed by atoms with Crippen LogP contribution in [0, 0.1) is 0 Å². The van der Waals surface area contributed by atoms with E-state index < -0.39 is 0 Å². The molecule has 0 radical (unpaired) electrons. The third kappa shape index (κ3) is 4.26. The largest absolute Gasteiger partial charge is 0.338 e. The molecule has 0 saturated carbocycles. The molecule has 1 aliphatic rings. The van der Waals surface area contributed by atoms with Gasteiger partial charge in [0.25, 0.3) is 0 Å². The summed E-state index contributed by atoms with van der Waals surface area (Å²) in [5, 5.41) is 5.19. The van der Waals surface area contributed by atoms with Crippen LogP contribution in [0.1, 0.15) is 19.3 Å². The molecule has 4 amide bonds. The molecule has 0 unspecified atom stereocenters. The van der Waals surface area contributed by atoms with Crippen LogP contribution in [0.2, 0.25) is 0 Å². The van der Waals surface area contributed by atoms with Gasteiger partial charge in [-0.2, -0.15) is 0 Å². The third-order valence-corrected chi connectivity index (χ3v) is 2.41. The zero-order chi connectivity index (χ0) is 12.7. The third-order valence-electron chi connectivity index (χ3n) is 2.41. The molecule has 2 N–H and O–H groups in total. The Bertz CT molecular complexity index is 312. The Kier molecular flexibility index (Phi) is 5.19. The van der Waals surface area contributed by atoms with Gasteiger partial charge in [-0.15, -0.1) is 6.58 Å². The Balaban J connectivity index is 2.11. The number of rotatable bonds is 6. The van der Waals surface area contributed by atoms with E-state index in [4.69, 9.17) is 0 Å². The summed E-state index contributed by atoms with van der Waals surface area (Å²) in [5.74, 6) is -0.239. The Morgan fingerprint density at radius 1 is 1.29 bits per heavy atom. The van der Waals surface area contributed by atoms with E-state index in [1.165, 1.54) is 4.90 Å². The van der Waals surface area contributed by atoms with Gasteiger partial charge in [0.15, 0.2) is 0 Å². The van der Waals surface area contributed by atoms with Gasteiger partial charge < -0.3 is 10.6 Å². The van der Waals surface area contributed by atoms with Crippen molar-refractivity contribution in [2.24, 2.45) is 0 Å². The summed E-state index contributed by atoms with van der Waals surface area (Å²) in [5.41, 5.74) is 0.